The van der Waals surface area contributed by atoms with E-state index in [1.165, 1.54) is 24.3 Å². The van der Waals surface area contributed by atoms with Gasteiger partial charge in [-0.2, -0.15) is 13.2 Å². The Balaban J connectivity index is 1.49. The molecule has 7 nitrogen and oxygen atoms in total. The van der Waals surface area contributed by atoms with Crippen LogP contribution in [0.15, 0.2) is 48.5 Å². The summed E-state index contributed by atoms with van der Waals surface area (Å²) < 4.78 is 36.5. The minimum Gasteiger partial charge on any atom is -0.344 e. The largest absolute Gasteiger partial charge is 0.471 e. The minimum atomic E-state index is -4.95. The van der Waals surface area contributed by atoms with Gasteiger partial charge in [-0.25, -0.2) is 0 Å². The minimum absolute atomic E-state index is 0.0836. The van der Waals surface area contributed by atoms with E-state index in [0.29, 0.717) is 22.4 Å². The zero-order valence-corrected chi connectivity index (χ0v) is 15.5. The molecule has 0 fully saturated rings. The molecule has 10 heteroatoms. The molecule has 0 spiro atoms. The Morgan fingerprint density at radius 1 is 0.900 bits per heavy atom. The van der Waals surface area contributed by atoms with Crippen molar-refractivity contribution in [2.24, 2.45) is 0 Å². The smallest absolute Gasteiger partial charge is 0.344 e. The highest BCUT2D eigenvalue weighted by Gasteiger charge is 2.38. The number of carbonyl (C=O) groups excluding carboxylic acids is 4. The van der Waals surface area contributed by atoms with Crippen molar-refractivity contribution >= 4 is 29.3 Å². The molecule has 2 aromatic rings. The Kier molecular flexibility index (Phi) is 5.86. The molecule has 0 aromatic heterocycles. The van der Waals surface area contributed by atoms with Crippen molar-refractivity contribution < 1.29 is 32.3 Å². The van der Waals surface area contributed by atoms with Crippen molar-refractivity contribution in [2.75, 3.05) is 11.9 Å². The lowest BCUT2D eigenvalue weighted by Gasteiger charge is -2.13. The third-order valence-electron chi connectivity index (χ3n) is 4.39. The first-order valence-corrected chi connectivity index (χ1v) is 8.86. The molecular formula is C20H16F3N3O4. The van der Waals surface area contributed by atoms with Gasteiger partial charge in [0.2, 0.25) is 5.91 Å². The normalized spacial score (nSPS) is 13.2. The monoisotopic (exact) mass is 419 g/mol. The van der Waals surface area contributed by atoms with E-state index >= 15 is 0 Å². The van der Waals surface area contributed by atoms with Crippen molar-refractivity contribution in [2.45, 2.75) is 19.1 Å². The maximum absolute atomic E-state index is 12.3. The van der Waals surface area contributed by atoms with Crippen LogP contribution in [-0.4, -0.2) is 41.2 Å². The molecule has 4 amide bonds. The number of fused-ring (bicyclic) bond motifs is 1. The number of hydrogen-bond acceptors (Lipinski definition) is 4. The van der Waals surface area contributed by atoms with Crippen LogP contribution in [0.25, 0.3) is 0 Å². The van der Waals surface area contributed by atoms with Gasteiger partial charge in [-0.3, -0.25) is 24.1 Å². The van der Waals surface area contributed by atoms with Crippen molar-refractivity contribution in [1.29, 1.82) is 0 Å². The Morgan fingerprint density at radius 3 is 2.00 bits per heavy atom. The van der Waals surface area contributed by atoms with E-state index in [1.807, 2.05) is 0 Å². The van der Waals surface area contributed by atoms with Crippen LogP contribution >= 0.6 is 0 Å². The van der Waals surface area contributed by atoms with Crippen LogP contribution in [0.1, 0.15) is 32.7 Å². The fraction of sp³-hybridized carbons (Fsp3) is 0.200. The van der Waals surface area contributed by atoms with Gasteiger partial charge in [-0.05, 0) is 29.8 Å². The van der Waals surface area contributed by atoms with Crippen LogP contribution in [0.4, 0.5) is 18.9 Å². The molecule has 156 valence electrons. The quantitative estimate of drug-likeness (QED) is 0.704. The summed E-state index contributed by atoms with van der Waals surface area (Å²) >= 11 is 0. The Morgan fingerprint density at radius 2 is 1.47 bits per heavy atom. The highest BCUT2D eigenvalue weighted by atomic mass is 19.4. The van der Waals surface area contributed by atoms with Gasteiger partial charge in [0, 0.05) is 25.2 Å². The topological polar surface area (TPSA) is 95.6 Å². The van der Waals surface area contributed by atoms with Crippen LogP contribution in [-0.2, 0) is 16.1 Å². The van der Waals surface area contributed by atoms with Gasteiger partial charge in [0.1, 0.15) is 0 Å². The predicted molar refractivity (Wildman–Crippen MR) is 99.4 cm³/mol. The fourth-order valence-electron chi connectivity index (χ4n) is 2.87. The lowest BCUT2D eigenvalue weighted by atomic mass is 10.1. The number of imide groups is 1. The van der Waals surface area contributed by atoms with E-state index in [1.54, 1.807) is 29.6 Å². The van der Waals surface area contributed by atoms with Crippen LogP contribution < -0.4 is 10.6 Å². The van der Waals surface area contributed by atoms with Gasteiger partial charge in [-0.15, -0.1) is 0 Å². The van der Waals surface area contributed by atoms with E-state index in [4.69, 9.17) is 0 Å². The summed E-state index contributed by atoms with van der Waals surface area (Å²) in [6.45, 7) is -0.397. The van der Waals surface area contributed by atoms with Gasteiger partial charge in [0.05, 0.1) is 11.1 Å². The average molecular weight is 419 g/mol. The molecule has 0 aliphatic carbocycles. The molecule has 0 saturated carbocycles. The molecule has 1 aliphatic heterocycles. The lowest BCUT2D eigenvalue weighted by molar-refractivity contribution is -0.173. The first-order valence-electron chi connectivity index (χ1n) is 8.86. The SMILES string of the molecule is O=C(CCN1C(=O)c2ccccc2C1=O)Nc1ccc(CNC(=O)C(F)(F)F)cc1. The standard InChI is InChI=1S/C20H16F3N3O4/c21-20(22,23)19(30)24-11-12-5-7-13(8-6-12)25-16(27)9-10-26-17(28)14-3-1-2-4-15(14)18(26)29/h1-8H,9-11H2,(H,24,30)(H,25,27). The second-order valence-corrected chi connectivity index (χ2v) is 6.48. The molecule has 0 bridgehead atoms. The van der Waals surface area contributed by atoms with Crippen molar-refractivity contribution in [3.05, 3.63) is 65.2 Å². The molecule has 0 saturated heterocycles. The molecule has 0 atom stereocenters. The summed E-state index contributed by atoms with van der Waals surface area (Å²) in [4.78, 5) is 48.5. The highest BCUT2D eigenvalue weighted by Crippen LogP contribution is 2.22. The zero-order valence-electron chi connectivity index (χ0n) is 15.5. The summed E-state index contributed by atoms with van der Waals surface area (Å²) in [6.07, 6.45) is -5.07. The van der Waals surface area contributed by atoms with Gasteiger partial charge >= 0.3 is 12.1 Å². The number of benzene rings is 2. The second-order valence-electron chi connectivity index (χ2n) is 6.48. The third kappa shape index (κ3) is 4.65. The number of hydrogen-bond donors (Lipinski definition) is 2. The first kappa shape index (κ1) is 21.0. The maximum atomic E-state index is 12.3. The van der Waals surface area contributed by atoms with E-state index in [0.717, 1.165) is 4.90 Å². The highest BCUT2D eigenvalue weighted by molar-refractivity contribution is 6.21. The first-order chi connectivity index (χ1) is 14.2. The molecule has 1 heterocycles. The predicted octanol–water partition coefficient (Wildman–Crippen LogP) is 2.49. The molecule has 2 aromatic carbocycles. The van der Waals surface area contributed by atoms with Crippen LogP contribution in [0, 0.1) is 0 Å². The number of halogens is 3. The molecule has 1 aliphatic rings. The van der Waals surface area contributed by atoms with E-state index < -0.39 is 29.8 Å². The molecular weight excluding hydrogens is 403 g/mol. The molecule has 3 rings (SSSR count). The summed E-state index contributed by atoms with van der Waals surface area (Å²) in [5.41, 5.74) is 1.40. The number of amides is 4. The summed E-state index contributed by atoms with van der Waals surface area (Å²) in [7, 11) is 0. The van der Waals surface area contributed by atoms with Crippen molar-refractivity contribution in [3.63, 3.8) is 0 Å². The third-order valence-corrected chi connectivity index (χ3v) is 4.39. The van der Waals surface area contributed by atoms with E-state index in [-0.39, 0.29) is 19.5 Å². The van der Waals surface area contributed by atoms with Gasteiger partial charge < -0.3 is 10.6 Å². The van der Waals surface area contributed by atoms with Crippen molar-refractivity contribution in [3.8, 4) is 0 Å². The Bertz CT molecular complexity index is 968. The van der Waals surface area contributed by atoms with Crippen molar-refractivity contribution in [1.82, 2.24) is 10.2 Å². The van der Waals surface area contributed by atoms with Gasteiger partial charge in [-0.1, -0.05) is 24.3 Å². The lowest BCUT2D eigenvalue weighted by Crippen LogP contribution is -2.36. The average Bonchev–Trinajstić information content (AvgIpc) is 2.95. The molecule has 0 unspecified atom stereocenters. The van der Waals surface area contributed by atoms with Gasteiger partial charge in [0.25, 0.3) is 11.8 Å². The summed E-state index contributed by atoms with van der Waals surface area (Å²) in [5.74, 6) is -3.37. The number of anilines is 1. The number of nitrogens with zero attached hydrogens (tertiary/aromatic N) is 1. The van der Waals surface area contributed by atoms with E-state index in [9.17, 15) is 32.3 Å². The summed E-state index contributed by atoms with van der Waals surface area (Å²) in [5, 5.41) is 4.32. The number of nitrogens with one attached hydrogen (secondary N) is 2. The maximum Gasteiger partial charge on any atom is 0.471 e. The van der Waals surface area contributed by atoms with Crippen LogP contribution in [0.3, 0.4) is 0 Å². The number of alkyl halides is 3. The molecule has 0 radical (unpaired) electrons. The van der Waals surface area contributed by atoms with Crippen LogP contribution in [0.5, 0.6) is 0 Å². The number of carbonyl (C=O) groups is 4. The Hall–Kier alpha value is -3.69. The van der Waals surface area contributed by atoms with Crippen LogP contribution in [0.2, 0.25) is 0 Å². The number of rotatable bonds is 6. The zero-order chi connectivity index (χ0) is 21.9. The van der Waals surface area contributed by atoms with Gasteiger partial charge in [0.15, 0.2) is 0 Å². The summed E-state index contributed by atoms with van der Waals surface area (Å²) in [6, 6.07) is 12.2. The van der Waals surface area contributed by atoms with E-state index in [2.05, 4.69) is 5.32 Å². The fourth-order valence-corrected chi connectivity index (χ4v) is 2.87. The second kappa shape index (κ2) is 8.36. The Labute approximate surface area is 168 Å². The molecule has 30 heavy (non-hydrogen) atoms. The molecule has 2 N–H and O–H groups in total.